The first-order chi connectivity index (χ1) is 9.15. The molecule has 0 aliphatic carbocycles. The first kappa shape index (κ1) is 13.9. The number of rotatable bonds is 5. The summed E-state index contributed by atoms with van der Waals surface area (Å²) in [5.74, 6) is -0.597. The lowest BCUT2D eigenvalue weighted by molar-refractivity contribution is 0.0689. The van der Waals surface area contributed by atoms with Crippen molar-refractivity contribution in [1.82, 2.24) is 4.90 Å². The molecule has 0 aliphatic rings. The van der Waals surface area contributed by atoms with Crippen molar-refractivity contribution in [3.05, 3.63) is 35.0 Å². The van der Waals surface area contributed by atoms with Gasteiger partial charge in [-0.15, -0.1) is 11.3 Å². The van der Waals surface area contributed by atoms with E-state index in [2.05, 4.69) is 0 Å². The van der Waals surface area contributed by atoms with Gasteiger partial charge in [0.05, 0.1) is 18.1 Å². The van der Waals surface area contributed by atoms with Crippen molar-refractivity contribution in [2.75, 3.05) is 26.3 Å². The summed E-state index contributed by atoms with van der Waals surface area (Å²) in [7, 11) is 0. The van der Waals surface area contributed by atoms with E-state index in [-0.39, 0.29) is 38.0 Å². The Morgan fingerprint density at radius 2 is 1.89 bits per heavy atom. The number of amides is 1. The monoisotopic (exact) mass is 283 g/mol. The lowest BCUT2D eigenvalue weighted by Crippen LogP contribution is -2.35. The minimum Gasteiger partial charge on any atom is -0.395 e. The second-order valence-corrected chi connectivity index (χ2v) is 5.12. The van der Waals surface area contributed by atoms with E-state index in [0.29, 0.717) is 9.58 Å². The van der Waals surface area contributed by atoms with E-state index in [1.165, 1.54) is 28.4 Å². The molecule has 102 valence electrons. The zero-order valence-corrected chi connectivity index (χ0v) is 11.0. The van der Waals surface area contributed by atoms with E-state index < -0.39 is 0 Å². The SMILES string of the molecule is O=C(c1cc2ccc(F)cc2s1)N(CCO)CCO. The first-order valence-corrected chi connectivity index (χ1v) is 6.67. The van der Waals surface area contributed by atoms with Crippen LogP contribution in [-0.4, -0.2) is 47.3 Å². The molecule has 0 saturated heterocycles. The molecule has 1 heterocycles. The van der Waals surface area contributed by atoms with E-state index in [0.717, 1.165) is 5.39 Å². The highest BCUT2D eigenvalue weighted by Gasteiger charge is 2.17. The number of hydrogen-bond donors (Lipinski definition) is 2. The van der Waals surface area contributed by atoms with Crippen molar-refractivity contribution >= 4 is 27.3 Å². The first-order valence-electron chi connectivity index (χ1n) is 5.86. The predicted octanol–water partition coefficient (Wildman–Crippen LogP) is 1.47. The van der Waals surface area contributed by atoms with E-state index in [9.17, 15) is 9.18 Å². The Bertz CT molecular complexity index is 578. The third-order valence-electron chi connectivity index (χ3n) is 2.72. The lowest BCUT2D eigenvalue weighted by atomic mass is 10.2. The van der Waals surface area contributed by atoms with Gasteiger partial charge in [-0.2, -0.15) is 0 Å². The Kier molecular flexibility index (Phi) is 4.47. The number of halogens is 1. The molecule has 6 heteroatoms. The average molecular weight is 283 g/mol. The molecule has 0 fully saturated rings. The van der Waals surface area contributed by atoms with Gasteiger partial charge in [-0.25, -0.2) is 4.39 Å². The molecule has 0 saturated carbocycles. The molecule has 0 bridgehead atoms. The van der Waals surface area contributed by atoms with Gasteiger partial charge < -0.3 is 15.1 Å². The quantitative estimate of drug-likeness (QED) is 0.873. The summed E-state index contributed by atoms with van der Waals surface area (Å²) in [6.45, 7) is 0.0144. The van der Waals surface area contributed by atoms with Gasteiger partial charge in [0.1, 0.15) is 5.82 Å². The highest BCUT2D eigenvalue weighted by atomic mass is 32.1. The van der Waals surface area contributed by atoms with E-state index in [1.807, 2.05) is 0 Å². The Morgan fingerprint density at radius 3 is 2.53 bits per heavy atom. The van der Waals surface area contributed by atoms with E-state index in [4.69, 9.17) is 10.2 Å². The number of nitrogens with zero attached hydrogens (tertiary/aromatic N) is 1. The van der Waals surface area contributed by atoms with Crippen LogP contribution in [0.1, 0.15) is 9.67 Å². The topological polar surface area (TPSA) is 60.8 Å². The largest absolute Gasteiger partial charge is 0.395 e. The summed E-state index contributed by atoms with van der Waals surface area (Å²) in [5.41, 5.74) is 0. The fourth-order valence-electron chi connectivity index (χ4n) is 1.82. The number of carbonyl (C=O) groups is 1. The van der Waals surface area contributed by atoms with Crippen molar-refractivity contribution < 1.29 is 19.4 Å². The van der Waals surface area contributed by atoms with Crippen molar-refractivity contribution in [3.63, 3.8) is 0 Å². The van der Waals surface area contributed by atoms with Crippen molar-refractivity contribution in [2.24, 2.45) is 0 Å². The van der Waals surface area contributed by atoms with Gasteiger partial charge in [-0.1, -0.05) is 6.07 Å². The Labute approximate surface area is 113 Å². The number of aliphatic hydroxyl groups excluding tert-OH is 2. The maximum atomic E-state index is 13.1. The Morgan fingerprint density at radius 1 is 1.21 bits per heavy atom. The molecule has 0 aliphatic heterocycles. The number of thiophene rings is 1. The molecule has 2 N–H and O–H groups in total. The number of carbonyl (C=O) groups excluding carboxylic acids is 1. The standard InChI is InChI=1S/C13H14FNO3S/c14-10-2-1-9-7-12(19-11(9)8-10)13(18)15(3-5-16)4-6-17/h1-2,7-8,16-17H,3-6H2. The third-order valence-corrected chi connectivity index (χ3v) is 3.81. The van der Waals surface area contributed by atoms with Gasteiger partial charge in [0, 0.05) is 17.8 Å². The van der Waals surface area contributed by atoms with Gasteiger partial charge in [0.2, 0.25) is 0 Å². The van der Waals surface area contributed by atoms with Crippen LogP contribution in [0, 0.1) is 5.82 Å². The van der Waals surface area contributed by atoms with Crippen LogP contribution in [0.2, 0.25) is 0 Å². The smallest absolute Gasteiger partial charge is 0.264 e. The molecular formula is C13H14FNO3S. The second-order valence-electron chi connectivity index (χ2n) is 4.03. The van der Waals surface area contributed by atoms with E-state index in [1.54, 1.807) is 12.1 Å². The summed E-state index contributed by atoms with van der Waals surface area (Å²) in [6, 6.07) is 6.06. The van der Waals surface area contributed by atoms with Crippen LogP contribution in [0.25, 0.3) is 10.1 Å². The van der Waals surface area contributed by atoms with E-state index >= 15 is 0 Å². The minimum atomic E-state index is -0.337. The Hall–Kier alpha value is -1.50. The highest BCUT2D eigenvalue weighted by Crippen LogP contribution is 2.27. The fourth-order valence-corrected chi connectivity index (χ4v) is 2.88. The van der Waals surface area contributed by atoms with Gasteiger partial charge in [0.25, 0.3) is 5.91 Å². The summed E-state index contributed by atoms with van der Waals surface area (Å²) < 4.78 is 13.8. The number of hydrogen-bond acceptors (Lipinski definition) is 4. The number of fused-ring (bicyclic) bond motifs is 1. The van der Waals surface area contributed by atoms with Crippen molar-refractivity contribution in [2.45, 2.75) is 0 Å². The summed E-state index contributed by atoms with van der Waals surface area (Å²) in [6.07, 6.45) is 0. The van der Waals surface area contributed by atoms with Crippen molar-refractivity contribution in [3.8, 4) is 0 Å². The molecule has 2 rings (SSSR count). The highest BCUT2D eigenvalue weighted by molar-refractivity contribution is 7.20. The zero-order valence-electron chi connectivity index (χ0n) is 10.2. The maximum Gasteiger partial charge on any atom is 0.264 e. The molecule has 0 radical (unpaired) electrons. The molecule has 2 aromatic rings. The van der Waals surface area contributed by atoms with Gasteiger partial charge in [0.15, 0.2) is 0 Å². The molecule has 19 heavy (non-hydrogen) atoms. The lowest BCUT2D eigenvalue weighted by Gasteiger charge is -2.19. The normalized spacial score (nSPS) is 10.9. The third kappa shape index (κ3) is 3.09. The second kappa shape index (κ2) is 6.10. The summed E-state index contributed by atoms with van der Waals surface area (Å²) in [4.78, 5) is 14.1. The van der Waals surface area contributed by atoms with Crippen LogP contribution in [0.15, 0.2) is 24.3 Å². The molecule has 0 spiro atoms. The van der Waals surface area contributed by atoms with Gasteiger partial charge in [-0.3, -0.25) is 4.79 Å². The van der Waals surface area contributed by atoms with Crippen LogP contribution in [0.3, 0.4) is 0 Å². The summed E-state index contributed by atoms with van der Waals surface area (Å²) >= 11 is 1.21. The fraction of sp³-hybridized carbons (Fsp3) is 0.308. The summed E-state index contributed by atoms with van der Waals surface area (Å²) in [5, 5.41) is 18.6. The van der Waals surface area contributed by atoms with Crippen LogP contribution in [0.5, 0.6) is 0 Å². The minimum absolute atomic E-state index is 0.161. The number of aliphatic hydroxyl groups is 2. The average Bonchev–Trinajstić information content (AvgIpc) is 2.80. The van der Waals surface area contributed by atoms with Crippen LogP contribution < -0.4 is 0 Å². The molecule has 4 nitrogen and oxygen atoms in total. The van der Waals surface area contributed by atoms with Gasteiger partial charge in [-0.05, 0) is 23.6 Å². The van der Waals surface area contributed by atoms with Crippen LogP contribution >= 0.6 is 11.3 Å². The predicted molar refractivity (Wildman–Crippen MR) is 71.9 cm³/mol. The maximum absolute atomic E-state index is 13.1. The molecule has 0 unspecified atom stereocenters. The molecular weight excluding hydrogens is 269 g/mol. The molecule has 0 atom stereocenters. The van der Waals surface area contributed by atoms with Crippen molar-refractivity contribution in [1.29, 1.82) is 0 Å². The van der Waals surface area contributed by atoms with Crippen LogP contribution in [-0.2, 0) is 0 Å². The Balaban J connectivity index is 2.29. The molecule has 1 aromatic heterocycles. The molecule has 1 amide bonds. The number of benzene rings is 1. The molecule has 1 aromatic carbocycles. The van der Waals surface area contributed by atoms with Gasteiger partial charge >= 0.3 is 0 Å². The van der Waals surface area contributed by atoms with Crippen LogP contribution in [0.4, 0.5) is 4.39 Å². The zero-order chi connectivity index (χ0) is 13.8.